The molecule has 1 amide bonds. The molecule has 0 radical (unpaired) electrons. The number of carbonyl (C=O) groups is 1. The van der Waals surface area contributed by atoms with E-state index < -0.39 is 0 Å². The first-order valence-electron chi connectivity index (χ1n) is 8.11. The zero-order valence-electron chi connectivity index (χ0n) is 14.4. The number of amides is 1. The van der Waals surface area contributed by atoms with Crippen molar-refractivity contribution in [1.29, 1.82) is 0 Å². The molecule has 0 bridgehead atoms. The first-order valence-corrected chi connectivity index (χ1v) is 8.11. The van der Waals surface area contributed by atoms with Crippen molar-refractivity contribution in [1.82, 2.24) is 4.90 Å². The zero-order chi connectivity index (χ0) is 15.8. The third kappa shape index (κ3) is 8.54. The number of rotatable bonds is 8. The highest BCUT2D eigenvalue weighted by molar-refractivity contribution is 5.88. The van der Waals surface area contributed by atoms with Gasteiger partial charge >= 0.3 is 0 Å². The molecule has 0 saturated heterocycles. The first kappa shape index (κ1) is 17.7. The molecule has 2 nitrogen and oxygen atoms in total. The van der Waals surface area contributed by atoms with Crippen molar-refractivity contribution in [2.24, 2.45) is 5.92 Å². The summed E-state index contributed by atoms with van der Waals surface area (Å²) in [7, 11) is 0. The van der Waals surface area contributed by atoms with Crippen LogP contribution in [0.5, 0.6) is 0 Å². The third-order valence-electron chi connectivity index (χ3n) is 3.65. The highest BCUT2D eigenvalue weighted by Crippen LogP contribution is 2.29. The molecule has 0 aliphatic heterocycles. The van der Waals surface area contributed by atoms with Crippen molar-refractivity contribution >= 4 is 5.91 Å². The highest BCUT2D eigenvalue weighted by atomic mass is 16.2. The predicted octanol–water partition coefficient (Wildman–Crippen LogP) is 4.88. The largest absolute Gasteiger partial charge is 0.335 e. The van der Waals surface area contributed by atoms with Gasteiger partial charge in [0.25, 0.3) is 0 Å². The number of hydrogen-bond donors (Lipinski definition) is 0. The van der Waals surface area contributed by atoms with E-state index in [0.29, 0.717) is 0 Å². The predicted molar refractivity (Wildman–Crippen MR) is 91.2 cm³/mol. The first-order chi connectivity index (χ1) is 9.88. The summed E-state index contributed by atoms with van der Waals surface area (Å²) in [5.74, 6) is 0.897. The molecule has 1 aliphatic rings. The smallest absolute Gasteiger partial charge is 0.246 e. The molecular formula is C19H31NO. The molecule has 1 rings (SSSR count). The van der Waals surface area contributed by atoms with Crippen LogP contribution in [-0.4, -0.2) is 23.9 Å². The second kappa shape index (κ2) is 8.86. The van der Waals surface area contributed by atoms with Crippen LogP contribution < -0.4 is 0 Å². The molecule has 0 aromatic heterocycles. The lowest BCUT2D eigenvalue weighted by Crippen LogP contribution is -2.32. The van der Waals surface area contributed by atoms with Gasteiger partial charge in [0.1, 0.15) is 0 Å². The maximum absolute atomic E-state index is 12.2. The lowest BCUT2D eigenvalue weighted by Gasteiger charge is -2.20. The highest BCUT2D eigenvalue weighted by Gasteiger charge is 2.25. The third-order valence-corrected chi connectivity index (χ3v) is 3.65. The summed E-state index contributed by atoms with van der Waals surface area (Å²) in [5, 5.41) is 0. The summed E-state index contributed by atoms with van der Waals surface area (Å²) in [5.41, 5.74) is 3.82. The van der Waals surface area contributed by atoms with Crippen LogP contribution in [0.2, 0.25) is 0 Å². The zero-order valence-corrected chi connectivity index (χ0v) is 14.4. The Bertz CT molecular complexity index is 430. The lowest BCUT2D eigenvalue weighted by molar-refractivity contribution is -0.125. The molecule has 0 aromatic rings. The van der Waals surface area contributed by atoms with E-state index in [1.54, 1.807) is 6.08 Å². The number of hydrogen-bond acceptors (Lipinski definition) is 1. The summed E-state index contributed by atoms with van der Waals surface area (Å²) in [6.45, 7) is 12.1. The van der Waals surface area contributed by atoms with Gasteiger partial charge in [-0.25, -0.2) is 0 Å². The van der Waals surface area contributed by atoms with E-state index in [1.807, 2.05) is 18.7 Å². The lowest BCUT2D eigenvalue weighted by atomic mass is 10.1. The Hall–Kier alpha value is -1.31. The van der Waals surface area contributed by atoms with Gasteiger partial charge in [0.05, 0.1) is 0 Å². The molecular weight excluding hydrogens is 258 g/mol. The molecule has 21 heavy (non-hydrogen) atoms. The summed E-state index contributed by atoms with van der Waals surface area (Å²) < 4.78 is 0. The minimum atomic E-state index is 0.162. The maximum Gasteiger partial charge on any atom is 0.246 e. The molecule has 0 atom stereocenters. The summed E-state index contributed by atoms with van der Waals surface area (Å²) in [6.07, 6.45) is 11.0. The molecule has 0 heterocycles. The minimum Gasteiger partial charge on any atom is -0.335 e. The molecule has 2 heteroatoms. The molecule has 0 aromatic carbocycles. The van der Waals surface area contributed by atoms with Gasteiger partial charge in [0, 0.05) is 19.2 Å². The molecule has 0 unspecified atom stereocenters. The van der Waals surface area contributed by atoms with Gasteiger partial charge < -0.3 is 4.90 Å². The maximum atomic E-state index is 12.2. The number of carbonyl (C=O) groups excluding carboxylic acids is 1. The van der Waals surface area contributed by atoms with Crippen LogP contribution in [0.3, 0.4) is 0 Å². The monoisotopic (exact) mass is 289 g/mol. The van der Waals surface area contributed by atoms with E-state index in [9.17, 15) is 4.79 Å². The normalized spacial score (nSPS) is 14.6. The van der Waals surface area contributed by atoms with Gasteiger partial charge in [-0.3, -0.25) is 4.79 Å². The Balaban J connectivity index is 2.53. The van der Waals surface area contributed by atoms with E-state index >= 15 is 0 Å². The topological polar surface area (TPSA) is 20.3 Å². The van der Waals surface area contributed by atoms with Gasteiger partial charge in [-0.05, 0) is 66.2 Å². The Labute approximate surface area is 130 Å². The number of allylic oxidation sites excluding steroid dienone is 4. The molecule has 118 valence electrons. The van der Waals surface area contributed by atoms with Crippen molar-refractivity contribution in [3.63, 3.8) is 0 Å². The van der Waals surface area contributed by atoms with Gasteiger partial charge in [-0.15, -0.1) is 0 Å². The van der Waals surface area contributed by atoms with E-state index in [1.165, 1.54) is 24.0 Å². The van der Waals surface area contributed by atoms with Crippen molar-refractivity contribution < 1.29 is 4.79 Å². The van der Waals surface area contributed by atoms with Crippen molar-refractivity contribution in [2.45, 2.75) is 60.3 Å². The van der Waals surface area contributed by atoms with Gasteiger partial charge in [0.15, 0.2) is 0 Å². The van der Waals surface area contributed by atoms with E-state index in [0.717, 1.165) is 37.4 Å². The van der Waals surface area contributed by atoms with Crippen molar-refractivity contribution in [2.75, 3.05) is 13.1 Å². The second-order valence-corrected chi connectivity index (χ2v) is 6.78. The summed E-state index contributed by atoms with van der Waals surface area (Å²) >= 11 is 0. The van der Waals surface area contributed by atoms with E-state index in [-0.39, 0.29) is 5.91 Å². The van der Waals surface area contributed by atoms with Crippen LogP contribution in [0, 0.1) is 5.92 Å². The minimum absolute atomic E-state index is 0.162. The van der Waals surface area contributed by atoms with Gasteiger partial charge in [-0.1, -0.05) is 28.9 Å². The molecule has 1 saturated carbocycles. The molecule has 0 N–H and O–H groups in total. The van der Waals surface area contributed by atoms with Crippen LogP contribution in [0.25, 0.3) is 0 Å². The number of nitrogens with zero attached hydrogens (tertiary/aromatic N) is 1. The fourth-order valence-electron chi connectivity index (χ4n) is 2.16. The van der Waals surface area contributed by atoms with Gasteiger partial charge in [-0.2, -0.15) is 0 Å². The standard InChI is InChI=1S/C19H31NO/c1-15(2)7-6-8-17(5)11-12-20(14-18-9-10-18)19(21)13-16(3)4/h7,11,13,18H,6,8-10,12,14H2,1-5H3/b17-11-. The fraction of sp³-hybridized carbons (Fsp3) is 0.632. The van der Waals surface area contributed by atoms with Gasteiger partial charge in [0.2, 0.25) is 5.91 Å². The SMILES string of the molecule is CC(C)=CCC/C(C)=C\CN(CC1CC1)C(=O)C=C(C)C. The Morgan fingerprint density at radius 1 is 1.05 bits per heavy atom. The average molecular weight is 289 g/mol. The Morgan fingerprint density at radius 3 is 2.24 bits per heavy atom. The second-order valence-electron chi connectivity index (χ2n) is 6.78. The van der Waals surface area contributed by atoms with Crippen LogP contribution in [0.15, 0.2) is 34.9 Å². The van der Waals surface area contributed by atoms with Crippen LogP contribution in [0.4, 0.5) is 0 Å². The average Bonchev–Trinajstić information content (AvgIpc) is 3.16. The van der Waals surface area contributed by atoms with E-state index in [4.69, 9.17) is 0 Å². The Morgan fingerprint density at radius 2 is 1.71 bits per heavy atom. The van der Waals surface area contributed by atoms with E-state index in [2.05, 4.69) is 32.9 Å². The summed E-state index contributed by atoms with van der Waals surface area (Å²) in [6, 6.07) is 0. The molecule has 1 fully saturated rings. The summed E-state index contributed by atoms with van der Waals surface area (Å²) in [4.78, 5) is 14.2. The molecule has 1 aliphatic carbocycles. The van der Waals surface area contributed by atoms with Crippen LogP contribution >= 0.6 is 0 Å². The fourth-order valence-corrected chi connectivity index (χ4v) is 2.16. The van der Waals surface area contributed by atoms with Crippen LogP contribution in [-0.2, 0) is 4.79 Å². The van der Waals surface area contributed by atoms with Crippen molar-refractivity contribution in [3.8, 4) is 0 Å². The van der Waals surface area contributed by atoms with Crippen molar-refractivity contribution in [3.05, 3.63) is 34.9 Å². The molecule has 0 spiro atoms. The van der Waals surface area contributed by atoms with Crippen LogP contribution in [0.1, 0.15) is 60.3 Å². The quantitative estimate of drug-likeness (QED) is 0.460. The Kier molecular flexibility index (Phi) is 7.49.